The summed E-state index contributed by atoms with van der Waals surface area (Å²) in [7, 11) is 1.65. The molecule has 20 heavy (non-hydrogen) atoms. The van der Waals surface area contributed by atoms with Crippen molar-refractivity contribution in [2.75, 3.05) is 13.7 Å². The van der Waals surface area contributed by atoms with Crippen LogP contribution in [0.1, 0.15) is 19.3 Å². The standard InChI is InChI=1S/C15H18FNO3/c1-17(11-6-4-5-10(11)16)15(18)14-9-19-12-7-2-3-8-13(12)20-14/h2-3,7-8,10-11,14H,4-6,9H2,1H3/t10-,11-,14?/m1/s1. The highest BCUT2D eigenvalue weighted by atomic mass is 19.1. The zero-order chi connectivity index (χ0) is 14.1. The molecule has 1 saturated carbocycles. The van der Waals surface area contributed by atoms with Gasteiger partial charge in [0.2, 0.25) is 6.10 Å². The topological polar surface area (TPSA) is 38.8 Å². The molecule has 1 fully saturated rings. The quantitative estimate of drug-likeness (QED) is 0.833. The van der Waals surface area contributed by atoms with Crippen molar-refractivity contribution in [1.29, 1.82) is 0 Å². The third kappa shape index (κ3) is 2.32. The fraction of sp³-hybridized carbons (Fsp3) is 0.533. The van der Waals surface area contributed by atoms with Gasteiger partial charge in [-0.25, -0.2) is 4.39 Å². The minimum absolute atomic E-state index is 0.170. The van der Waals surface area contributed by atoms with Crippen LogP contribution < -0.4 is 9.47 Å². The molecule has 108 valence electrons. The predicted octanol–water partition coefficient (Wildman–Crippen LogP) is 2.18. The lowest BCUT2D eigenvalue weighted by Crippen LogP contribution is -2.49. The lowest BCUT2D eigenvalue weighted by Gasteiger charge is -2.32. The van der Waals surface area contributed by atoms with E-state index in [9.17, 15) is 9.18 Å². The van der Waals surface area contributed by atoms with Crippen LogP contribution in [0.2, 0.25) is 0 Å². The smallest absolute Gasteiger partial charge is 0.267 e. The second-order valence-corrected chi connectivity index (χ2v) is 5.33. The van der Waals surface area contributed by atoms with Gasteiger partial charge in [-0.05, 0) is 31.4 Å². The van der Waals surface area contributed by atoms with Crippen LogP contribution in [0.3, 0.4) is 0 Å². The number of hydrogen-bond acceptors (Lipinski definition) is 3. The maximum atomic E-state index is 13.7. The molecule has 1 aliphatic heterocycles. The molecule has 4 nitrogen and oxygen atoms in total. The highest BCUT2D eigenvalue weighted by Gasteiger charge is 2.37. The summed E-state index contributed by atoms with van der Waals surface area (Å²) in [6.07, 6.45) is 0.457. The van der Waals surface area contributed by atoms with Crippen LogP contribution in [0.5, 0.6) is 11.5 Å². The zero-order valence-corrected chi connectivity index (χ0v) is 11.4. The molecule has 1 amide bonds. The van der Waals surface area contributed by atoms with Gasteiger partial charge in [0.05, 0.1) is 6.04 Å². The Morgan fingerprint density at radius 3 is 2.75 bits per heavy atom. The number of hydrogen-bond donors (Lipinski definition) is 0. The monoisotopic (exact) mass is 279 g/mol. The number of benzene rings is 1. The summed E-state index contributed by atoms with van der Waals surface area (Å²) in [5.74, 6) is 0.992. The Balaban J connectivity index is 1.69. The van der Waals surface area contributed by atoms with Crippen LogP contribution in [-0.2, 0) is 4.79 Å². The maximum Gasteiger partial charge on any atom is 0.267 e. The molecule has 5 heteroatoms. The lowest BCUT2D eigenvalue weighted by atomic mass is 10.1. The van der Waals surface area contributed by atoms with Crippen molar-refractivity contribution in [3.63, 3.8) is 0 Å². The van der Waals surface area contributed by atoms with E-state index >= 15 is 0 Å². The number of carbonyl (C=O) groups is 1. The first-order valence-corrected chi connectivity index (χ1v) is 6.96. The van der Waals surface area contributed by atoms with Crippen molar-refractivity contribution in [3.05, 3.63) is 24.3 Å². The molecule has 0 bridgehead atoms. The maximum absolute atomic E-state index is 13.7. The average Bonchev–Trinajstić information content (AvgIpc) is 2.91. The van der Waals surface area contributed by atoms with E-state index in [1.807, 2.05) is 12.1 Å². The van der Waals surface area contributed by atoms with Crippen molar-refractivity contribution < 1.29 is 18.7 Å². The fourth-order valence-corrected chi connectivity index (χ4v) is 2.86. The summed E-state index contributed by atoms with van der Waals surface area (Å²) < 4.78 is 24.9. The van der Waals surface area contributed by atoms with E-state index in [4.69, 9.17) is 9.47 Å². The average molecular weight is 279 g/mol. The van der Waals surface area contributed by atoms with E-state index in [1.54, 1.807) is 19.2 Å². The minimum Gasteiger partial charge on any atom is -0.485 e. The van der Waals surface area contributed by atoms with Gasteiger partial charge in [0.1, 0.15) is 12.8 Å². The minimum atomic E-state index is -0.930. The normalized spacial score (nSPS) is 28.2. The van der Waals surface area contributed by atoms with Crippen LogP contribution in [0.15, 0.2) is 24.3 Å². The summed E-state index contributed by atoms with van der Waals surface area (Å²) in [4.78, 5) is 13.9. The summed E-state index contributed by atoms with van der Waals surface area (Å²) in [6, 6.07) is 6.91. The van der Waals surface area contributed by atoms with Crippen LogP contribution in [0.4, 0.5) is 4.39 Å². The molecular weight excluding hydrogens is 261 g/mol. The first kappa shape index (κ1) is 13.2. The number of para-hydroxylation sites is 2. The second kappa shape index (κ2) is 5.31. The van der Waals surface area contributed by atoms with Crippen LogP contribution >= 0.6 is 0 Å². The van der Waals surface area contributed by atoms with Gasteiger partial charge in [-0.3, -0.25) is 4.79 Å². The van der Waals surface area contributed by atoms with E-state index in [1.165, 1.54) is 4.90 Å². The van der Waals surface area contributed by atoms with E-state index in [0.29, 0.717) is 24.3 Å². The van der Waals surface area contributed by atoms with Crippen molar-refractivity contribution in [2.45, 2.75) is 37.6 Å². The number of amides is 1. The number of nitrogens with zero attached hydrogens (tertiary/aromatic N) is 1. The number of alkyl halides is 1. The van der Waals surface area contributed by atoms with Gasteiger partial charge in [-0.2, -0.15) is 0 Å². The Kier molecular flexibility index (Phi) is 3.51. The largest absolute Gasteiger partial charge is 0.485 e. The van der Waals surface area contributed by atoms with Gasteiger partial charge in [0.15, 0.2) is 11.5 Å². The van der Waals surface area contributed by atoms with E-state index in [0.717, 1.165) is 6.42 Å². The molecule has 1 aromatic carbocycles. The Morgan fingerprint density at radius 1 is 1.30 bits per heavy atom. The summed E-state index contributed by atoms with van der Waals surface area (Å²) in [5, 5.41) is 0. The highest BCUT2D eigenvalue weighted by molar-refractivity contribution is 5.82. The zero-order valence-electron chi connectivity index (χ0n) is 11.4. The van der Waals surface area contributed by atoms with Gasteiger partial charge in [0.25, 0.3) is 5.91 Å². The molecule has 1 unspecified atom stereocenters. The van der Waals surface area contributed by atoms with Crippen LogP contribution in [0, 0.1) is 0 Å². The Bertz CT molecular complexity index is 508. The fourth-order valence-electron chi connectivity index (χ4n) is 2.86. The van der Waals surface area contributed by atoms with Crippen molar-refractivity contribution >= 4 is 5.91 Å². The highest BCUT2D eigenvalue weighted by Crippen LogP contribution is 2.32. The molecule has 3 rings (SSSR count). The van der Waals surface area contributed by atoms with Gasteiger partial charge in [0, 0.05) is 7.05 Å². The summed E-state index contributed by atoms with van der Waals surface area (Å²) >= 11 is 0. The molecular formula is C15H18FNO3. The number of halogens is 1. The summed E-state index contributed by atoms with van der Waals surface area (Å²) in [6.45, 7) is 0.170. The Morgan fingerprint density at radius 2 is 2.05 bits per heavy atom. The Labute approximate surface area is 117 Å². The first-order valence-electron chi connectivity index (χ1n) is 6.96. The molecule has 0 radical (unpaired) electrons. The molecule has 1 aromatic rings. The number of ether oxygens (including phenoxy) is 2. The number of fused-ring (bicyclic) bond motifs is 1. The molecule has 0 spiro atoms. The molecule has 0 N–H and O–H groups in total. The van der Waals surface area contributed by atoms with Gasteiger partial charge < -0.3 is 14.4 Å². The molecule has 2 aliphatic rings. The number of carbonyl (C=O) groups excluding carboxylic acids is 1. The molecule has 0 saturated heterocycles. The molecule has 3 atom stereocenters. The van der Waals surface area contributed by atoms with Crippen molar-refractivity contribution in [3.8, 4) is 11.5 Å². The first-order chi connectivity index (χ1) is 9.66. The van der Waals surface area contributed by atoms with Crippen molar-refractivity contribution in [2.24, 2.45) is 0 Å². The van der Waals surface area contributed by atoms with Gasteiger partial charge >= 0.3 is 0 Å². The Hall–Kier alpha value is -1.78. The predicted molar refractivity (Wildman–Crippen MR) is 71.7 cm³/mol. The van der Waals surface area contributed by atoms with Crippen LogP contribution in [0.25, 0.3) is 0 Å². The number of likely N-dealkylation sites (N-methyl/N-ethyl adjacent to an activating group) is 1. The second-order valence-electron chi connectivity index (χ2n) is 5.33. The van der Waals surface area contributed by atoms with Gasteiger partial charge in [-0.1, -0.05) is 12.1 Å². The third-order valence-electron chi connectivity index (χ3n) is 4.03. The molecule has 1 heterocycles. The van der Waals surface area contributed by atoms with E-state index in [2.05, 4.69) is 0 Å². The lowest BCUT2D eigenvalue weighted by molar-refractivity contribution is -0.142. The molecule has 1 aliphatic carbocycles. The van der Waals surface area contributed by atoms with Crippen molar-refractivity contribution in [1.82, 2.24) is 4.90 Å². The number of rotatable bonds is 2. The van der Waals surface area contributed by atoms with Crippen LogP contribution in [-0.4, -0.2) is 42.8 Å². The van der Waals surface area contributed by atoms with Gasteiger partial charge in [-0.15, -0.1) is 0 Å². The summed E-state index contributed by atoms with van der Waals surface area (Å²) in [5.41, 5.74) is 0. The third-order valence-corrected chi connectivity index (χ3v) is 4.03. The molecule has 0 aromatic heterocycles. The van der Waals surface area contributed by atoms with E-state index < -0.39 is 12.3 Å². The SMILES string of the molecule is CN(C(=O)C1COc2ccccc2O1)[C@@H]1CCC[C@H]1F. The van der Waals surface area contributed by atoms with E-state index in [-0.39, 0.29) is 18.6 Å².